The van der Waals surface area contributed by atoms with Gasteiger partial charge in [-0.25, -0.2) is 0 Å². The maximum atomic E-state index is 10.9. The van der Waals surface area contributed by atoms with E-state index in [9.17, 15) is 4.79 Å². The van der Waals surface area contributed by atoms with Crippen LogP contribution in [0.1, 0.15) is 77.7 Å². The fourth-order valence-electron chi connectivity index (χ4n) is 3.30. The van der Waals surface area contributed by atoms with Gasteiger partial charge in [-0.1, -0.05) is 76.8 Å². The summed E-state index contributed by atoms with van der Waals surface area (Å²) in [4.78, 5) is 15.2. The maximum Gasteiger partial charge on any atom is 0.305 e. The normalized spacial score (nSPS) is 11.9. The largest absolute Gasteiger partial charge is 0.469 e. The Labute approximate surface area is 171 Å². The van der Waals surface area contributed by atoms with Crippen LogP contribution in [0.3, 0.4) is 0 Å². The van der Waals surface area contributed by atoms with Crippen molar-refractivity contribution in [1.29, 1.82) is 5.41 Å². The van der Waals surface area contributed by atoms with Gasteiger partial charge in [0.25, 0.3) is 0 Å². The Bertz CT molecular complexity index is 565. The van der Waals surface area contributed by atoms with Crippen LogP contribution >= 0.6 is 0 Å². The summed E-state index contributed by atoms with van der Waals surface area (Å²) >= 11 is 0. The molecule has 0 unspecified atom stereocenters. The number of ether oxygens (including phenoxy) is 1. The van der Waals surface area contributed by atoms with Crippen LogP contribution in [-0.2, 0) is 9.53 Å². The summed E-state index contributed by atoms with van der Waals surface area (Å²) in [6, 6.07) is 8.15. The zero-order valence-corrected chi connectivity index (χ0v) is 18.2. The van der Waals surface area contributed by atoms with E-state index in [-0.39, 0.29) is 5.97 Å². The zero-order valence-electron chi connectivity index (χ0n) is 18.2. The Morgan fingerprint density at radius 1 is 1.14 bits per heavy atom. The van der Waals surface area contributed by atoms with E-state index >= 15 is 0 Å². The molecule has 2 rings (SSSR count). The van der Waals surface area contributed by atoms with Crippen LogP contribution in [0.2, 0.25) is 0 Å². The predicted octanol–water partition coefficient (Wildman–Crippen LogP) is 7.01. The topological polar surface area (TPSA) is 62.5 Å². The molecule has 1 N–H and O–H groups in total. The quantitative estimate of drug-likeness (QED) is 0.297. The first-order chi connectivity index (χ1) is 13.6. The Hall–Kier alpha value is -2.23. The van der Waals surface area contributed by atoms with Gasteiger partial charge in [-0.3, -0.25) is 9.79 Å². The lowest BCUT2D eigenvalue weighted by Gasteiger charge is -2.30. The van der Waals surface area contributed by atoms with Gasteiger partial charge in [0.1, 0.15) is 0 Å². The van der Waals surface area contributed by atoms with Gasteiger partial charge in [-0.05, 0) is 36.6 Å². The fraction of sp³-hybridized carbons (Fsp3) is 0.542. The minimum absolute atomic E-state index is 0.0786. The number of methoxy groups -OCH3 is 1. The van der Waals surface area contributed by atoms with Gasteiger partial charge in [0.2, 0.25) is 0 Å². The first-order valence-corrected chi connectivity index (χ1v) is 10.3. The predicted molar refractivity (Wildman–Crippen MR) is 122 cm³/mol. The van der Waals surface area contributed by atoms with E-state index in [2.05, 4.69) is 55.4 Å². The summed E-state index contributed by atoms with van der Waals surface area (Å²) in [7, 11) is 1.46. The molecule has 0 aromatic heterocycles. The molecule has 0 radical (unpaired) electrons. The number of rotatable bonds is 8. The molecule has 0 spiro atoms. The van der Waals surface area contributed by atoms with E-state index in [4.69, 9.17) is 5.41 Å². The van der Waals surface area contributed by atoms with Gasteiger partial charge in [-0.2, -0.15) is 0 Å². The summed E-state index contributed by atoms with van der Waals surface area (Å²) in [5.74, 6) is -0.0786. The summed E-state index contributed by atoms with van der Waals surface area (Å²) in [6.45, 7) is 9.31. The fourth-order valence-corrected chi connectivity index (χ4v) is 3.30. The number of carbonyl (C=O) groups is 1. The van der Waals surface area contributed by atoms with E-state index in [0.29, 0.717) is 11.8 Å². The highest BCUT2D eigenvalue weighted by Crippen LogP contribution is 2.36. The number of aliphatic imine (C=N–C) groups is 1. The molecule has 0 atom stereocenters. The van der Waals surface area contributed by atoms with Crippen LogP contribution in [0.5, 0.6) is 0 Å². The van der Waals surface area contributed by atoms with Crippen LogP contribution in [0.15, 0.2) is 35.3 Å². The number of hydrogen-bond acceptors (Lipinski definition) is 4. The van der Waals surface area contributed by atoms with Crippen molar-refractivity contribution >= 4 is 30.7 Å². The van der Waals surface area contributed by atoms with Crippen LogP contribution in [0.4, 0.5) is 5.69 Å². The first kappa shape index (κ1) is 25.8. The van der Waals surface area contributed by atoms with Crippen molar-refractivity contribution in [2.75, 3.05) is 7.11 Å². The van der Waals surface area contributed by atoms with E-state index in [0.717, 1.165) is 24.9 Å². The molecule has 1 aliphatic heterocycles. The Balaban J connectivity index is 0.000000492. The highest BCUT2D eigenvalue weighted by molar-refractivity contribution is 5.75. The third kappa shape index (κ3) is 9.63. The van der Waals surface area contributed by atoms with Gasteiger partial charge >= 0.3 is 5.97 Å². The molecule has 28 heavy (non-hydrogen) atoms. The van der Waals surface area contributed by atoms with Gasteiger partial charge in [0.05, 0.1) is 12.8 Å². The van der Waals surface area contributed by atoms with Crippen molar-refractivity contribution in [3.05, 3.63) is 35.9 Å². The molecule has 0 saturated heterocycles. The molecule has 0 bridgehead atoms. The number of fused-ring (bicyclic) bond motifs is 1. The summed E-state index contributed by atoms with van der Waals surface area (Å²) in [5.41, 5.74) is 2.79. The lowest BCUT2D eigenvalue weighted by atomic mass is 9.76. The molecule has 4 heteroatoms. The number of hydrogen-bond donors (Lipinski definition) is 1. The van der Waals surface area contributed by atoms with Crippen molar-refractivity contribution < 1.29 is 9.53 Å². The smallest absolute Gasteiger partial charge is 0.305 e. The minimum Gasteiger partial charge on any atom is -0.469 e. The second kappa shape index (κ2) is 15.8. The Morgan fingerprint density at radius 3 is 2.39 bits per heavy atom. The number of carbonyl (C=O) groups excluding carboxylic acids is 1. The van der Waals surface area contributed by atoms with Crippen LogP contribution in [0, 0.1) is 10.8 Å². The van der Waals surface area contributed by atoms with Gasteiger partial charge < -0.3 is 10.1 Å². The molecule has 156 valence electrons. The molecule has 1 aliphatic rings. The van der Waals surface area contributed by atoms with Crippen LogP contribution in [0.25, 0.3) is 6.08 Å². The average molecular weight is 387 g/mol. The molecular formula is C24H38N2O2. The number of allylic oxidation sites excluding steroid dienone is 1. The molecule has 1 aromatic carbocycles. The lowest BCUT2D eigenvalue weighted by Crippen LogP contribution is -2.17. The van der Waals surface area contributed by atoms with Crippen molar-refractivity contribution in [3.63, 3.8) is 0 Å². The highest BCUT2D eigenvalue weighted by atomic mass is 16.5. The van der Waals surface area contributed by atoms with E-state index < -0.39 is 0 Å². The Kier molecular flexibility index (Phi) is 14.5. The lowest BCUT2D eigenvalue weighted by molar-refractivity contribution is -0.140. The molecule has 0 saturated carbocycles. The minimum atomic E-state index is -0.0786. The molecular weight excluding hydrogens is 348 g/mol. The summed E-state index contributed by atoms with van der Waals surface area (Å²) < 4.78 is 4.62. The van der Waals surface area contributed by atoms with Crippen LogP contribution in [-0.4, -0.2) is 26.0 Å². The van der Waals surface area contributed by atoms with E-state index in [1.807, 2.05) is 24.4 Å². The van der Waals surface area contributed by atoms with Crippen molar-refractivity contribution in [2.24, 2.45) is 10.4 Å². The van der Waals surface area contributed by atoms with Crippen molar-refractivity contribution in [2.45, 2.75) is 72.1 Å². The number of benzene rings is 1. The number of esters is 1. The second-order valence-corrected chi connectivity index (χ2v) is 6.85. The Morgan fingerprint density at radius 2 is 1.79 bits per heavy atom. The maximum absolute atomic E-state index is 10.9. The number of nitrogens with one attached hydrogen (secondary N) is 1. The summed E-state index contributed by atoms with van der Waals surface area (Å²) in [6.07, 6.45) is 14.8. The standard InChI is InChI=1S/C13H26O2.C10H9N.CH3N/c1-5-13(6-2,7-3)11-9-8-10-12(14)15-4;1-2-7-10-9(5-1)6-3-4-8-11-10;1-2/h5-11H2,1-4H3;1-3,5-8H,4H2;2H,1H2. The van der Waals surface area contributed by atoms with Crippen molar-refractivity contribution in [1.82, 2.24) is 0 Å². The SMILES string of the molecule is C1=Cc2ccccc2N=CC1.C=N.CCC(CC)(CC)CCCCC(=O)OC. The number of unbranched alkanes of at least 4 members (excludes halogenated alkanes) is 1. The van der Waals surface area contributed by atoms with Gasteiger partial charge in [0.15, 0.2) is 0 Å². The summed E-state index contributed by atoms with van der Waals surface area (Å²) in [5, 5.41) is 5.50. The third-order valence-electron chi connectivity index (χ3n) is 5.52. The highest BCUT2D eigenvalue weighted by Gasteiger charge is 2.22. The molecule has 1 aromatic rings. The molecule has 4 nitrogen and oxygen atoms in total. The molecule has 1 heterocycles. The van der Waals surface area contributed by atoms with E-state index in [1.165, 1.54) is 38.4 Å². The van der Waals surface area contributed by atoms with Crippen LogP contribution < -0.4 is 0 Å². The molecule has 0 amide bonds. The molecule has 0 fully saturated rings. The number of para-hydroxylation sites is 1. The second-order valence-electron chi connectivity index (χ2n) is 6.85. The van der Waals surface area contributed by atoms with E-state index in [1.54, 1.807) is 0 Å². The van der Waals surface area contributed by atoms with Gasteiger partial charge in [-0.15, -0.1) is 0 Å². The van der Waals surface area contributed by atoms with Crippen molar-refractivity contribution in [3.8, 4) is 0 Å². The average Bonchev–Trinajstić information content (AvgIpc) is 3.01. The number of nitrogens with zero attached hydrogens (tertiary/aromatic N) is 1. The molecule has 0 aliphatic carbocycles. The first-order valence-electron chi connectivity index (χ1n) is 10.3. The zero-order chi connectivity index (χ0) is 21.3. The third-order valence-corrected chi connectivity index (χ3v) is 5.52. The monoisotopic (exact) mass is 386 g/mol. The van der Waals surface area contributed by atoms with Gasteiger partial charge in [0, 0.05) is 19.1 Å².